The predicted octanol–water partition coefficient (Wildman–Crippen LogP) is 8.08. The zero-order valence-electron chi connectivity index (χ0n) is 44.7. The third-order valence-electron chi connectivity index (χ3n) is 14.6. The SMILES string of the molecule is CC(=O)N[C@@H](Cc1cc(F)cc(F)c1)[C@H](O)CNC1(c2cccc(C(C)(C)C)c2)CCC(N)CC1.CNC(=O)NC1CCC(NC[C@@H](O)[C@H](Cc2cc(F)cc(F)c2)NC(C)=O)(c2cccc(C(C)(C)C)c2)CC1. The molecule has 406 valence electrons. The van der Waals surface area contributed by atoms with E-state index in [-0.39, 0.29) is 72.2 Å². The zero-order chi connectivity index (χ0) is 54.6. The average molecular weight is 1030 g/mol. The van der Waals surface area contributed by atoms with Crippen LogP contribution in [0.15, 0.2) is 84.9 Å². The Morgan fingerprint density at radius 1 is 0.608 bits per heavy atom. The van der Waals surface area contributed by atoms with Gasteiger partial charge in [-0.2, -0.15) is 0 Å². The normalized spacial score (nSPS) is 21.7. The molecule has 2 saturated carbocycles. The highest BCUT2D eigenvalue weighted by Gasteiger charge is 2.40. The van der Waals surface area contributed by atoms with E-state index in [0.717, 1.165) is 74.6 Å². The van der Waals surface area contributed by atoms with Gasteiger partial charge in [0, 0.05) is 69.3 Å². The molecule has 16 heteroatoms. The average Bonchev–Trinajstić information content (AvgIpc) is 3.32. The maximum atomic E-state index is 13.8. The molecule has 2 aliphatic rings. The fraction of sp³-hybridized carbons (Fsp3) is 0.534. The van der Waals surface area contributed by atoms with Gasteiger partial charge in [-0.15, -0.1) is 0 Å². The quantitative estimate of drug-likeness (QED) is 0.0475. The Bertz CT molecular complexity index is 2460. The van der Waals surface area contributed by atoms with Gasteiger partial charge in [0.05, 0.1) is 24.3 Å². The number of nitrogens with one attached hydrogen (secondary N) is 6. The predicted molar refractivity (Wildman–Crippen MR) is 283 cm³/mol. The summed E-state index contributed by atoms with van der Waals surface area (Å²) in [7, 11) is 1.59. The Morgan fingerprint density at radius 3 is 1.31 bits per heavy atom. The van der Waals surface area contributed by atoms with Crippen molar-refractivity contribution in [1.82, 2.24) is 31.9 Å². The molecule has 6 rings (SSSR count). The van der Waals surface area contributed by atoms with Gasteiger partial charge in [-0.25, -0.2) is 22.4 Å². The van der Waals surface area contributed by atoms with Gasteiger partial charge in [0.1, 0.15) is 23.3 Å². The summed E-state index contributed by atoms with van der Waals surface area (Å²) >= 11 is 0. The number of hydrogen-bond donors (Lipinski definition) is 9. The smallest absolute Gasteiger partial charge is 0.314 e. The van der Waals surface area contributed by atoms with E-state index in [4.69, 9.17) is 5.73 Å². The Morgan fingerprint density at radius 2 is 0.973 bits per heavy atom. The summed E-state index contributed by atoms with van der Waals surface area (Å²) in [6.07, 6.45) is 4.50. The van der Waals surface area contributed by atoms with Crippen molar-refractivity contribution in [2.45, 2.75) is 178 Å². The van der Waals surface area contributed by atoms with Gasteiger partial charge in [0.2, 0.25) is 11.8 Å². The van der Waals surface area contributed by atoms with E-state index in [1.807, 2.05) is 6.07 Å². The van der Waals surface area contributed by atoms with Crippen molar-refractivity contribution in [1.29, 1.82) is 0 Å². The van der Waals surface area contributed by atoms with Gasteiger partial charge < -0.3 is 47.8 Å². The Kier molecular flexibility index (Phi) is 20.8. The van der Waals surface area contributed by atoms with Gasteiger partial charge in [-0.05, 0) is 133 Å². The Balaban J connectivity index is 0.000000276. The second kappa shape index (κ2) is 25.9. The molecular weight excluding hydrogens is 951 g/mol. The number of halogens is 4. The first-order valence-corrected chi connectivity index (χ1v) is 26.0. The van der Waals surface area contributed by atoms with E-state index >= 15 is 0 Å². The first-order valence-electron chi connectivity index (χ1n) is 26.0. The lowest BCUT2D eigenvalue weighted by Gasteiger charge is -2.43. The van der Waals surface area contributed by atoms with Crippen LogP contribution in [-0.2, 0) is 44.3 Å². The fourth-order valence-corrected chi connectivity index (χ4v) is 10.3. The van der Waals surface area contributed by atoms with Crippen molar-refractivity contribution in [3.8, 4) is 0 Å². The first-order chi connectivity index (χ1) is 34.7. The van der Waals surface area contributed by atoms with Crippen molar-refractivity contribution in [3.63, 3.8) is 0 Å². The number of urea groups is 1. The van der Waals surface area contributed by atoms with Crippen LogP contribution in [0, 0.1) is 23.3 Å². The molecule has 12 nitrogen and oxygen atoms in total. The molecule has 2 aliphatic carbocycles. The third-order valence-corrected chi connectivity index (χ3v) is 14.6. The van der Waals surface area contributed by atoms with Crippen LogP contribution < -0.4 is 37.6 Å². The molecule has 0 heterocycles. The standard InChI is InChI=1S/C30H42F2N4O3.C28H39F2N3O2/c1-19(37)35-26(15-20-13-23(31)17-24(32)14-20)27(38)18-34-30(11-9-25(10-12-30)36-28(39)33-5)22-8-6-7-21(16-22)29(2,3)4;1-18(34)33-25(14-19-12-22(29)16-23(30)13-19)26(35)17-32-28(10-8-24(31)9-11-28)21-7-5-6-20(15-21)27(2,3)4/h6-8,13-14,16-17,25-27,34,38H,9-12,15,18H2,1-5H3,(H,35,37)(H2,33,36,39);5-7,12-13,15-16,24-26,32,35H,8-11,14,17,31H2,1-4H3,(H,33,34)/t25?,26-,27+,30?;24?,25-,26+,28?/m00/s1. The van der Waals surface area contributed by atoms with Crippen molar-refractivity contribution < 1.29 is 42.2 Å². The Labute approximate surface area is 435 Å². The second-order valence-corrected chi connectivity index (χ2v) is 22.6. The van der Waals surface area contributed by atoms with Crippen LogP contribution in [-0.4, -0.2) is 84.6 Å². The minimum Gasteiger partial charge on any atom is -0.390 e. The van der Waals surface area contributed by atoms with Crippen molar-refractivity contribution in [2.75, 3.05) is 20.1 Å². The van der Waals surface area contributed by atoms with Gasteiger partial charge >= 0.3 is 6.03 Å². The molecule has 74 heavy (non-hydrogen) atoms. The summed E-state index contributed by atoms with van der Waals surface area (Å²) in [6.45, 7) is 16.1. The maximum Gasteiger partial charge on any atom is 0.314 e. The molecule has 0 spiro atoms. The van der Waals surface area contributed by atoms with E-state index in [2.05, 4.69) is 116 Å². The largest absolute Gasteiger partial charge is 0.390 e. The monoisotopic (exact) mass is 1030 g/mol. The number of rotatable bonds is 17. The molecule has 0 bridgehead atoms. The lowest BCUT2D eigenvalue weighted by Crippen LogP contribution is -2.55. The number of benzene rings is 4. The number of carbonyl (C=O) groups is 3. The van der Waals surface area contributed by atoms with Crippen LogP contribution in [0.5, 0.6) is 0 Å². The van der Waals surface area contributed by atoms with E-state index in [1.165, 1.54) is 49.2 Å². The minimum atomic E-state index is -1.02. The lowest BCUT2D eigenvalue weighted by atomic mass is 9.73. The van der Waals surface area contributed by atoms with Gasteiger partial charge in [-0.3, -0.25) is 9.59 Å². The third kappa shape index (κ3) is 17.3. The van der Waals surface area contributed by atoms with E-state index in [0.29, 0.717) is 11.1 Å². The topological polar surface area (TPSA) is 190 Å². The summed E-state index contributed by atoms with van der Waals surface area (Å²) in [5.74, 6) is -3.46. The number of aliphatic hydroxyl groups excluding tert-OH is 2. The molecule has 4 aromatic carbocycles. The summed E-state index contributed by atoms with van der Waals surface area (Å²) in [5, 5.41) is 40.6. The van der Waals surface area contributed by atoms with E-state index in [1.54, 1.807) is 7.05 Å². The lowest BCUT2D eigenvalue weighted by molar-refractivity contribution is -0.121. The molecule has 0 saturated heterocycles. The van der Waals surface area contributed by atoms with Crippen LogP contribution in [0.4, 0.5) is 22.4 Å². The van der Waals surface area contributed by atoms with Crippen LogP contribution in [0.1, 0.15) is 140 Å². The number of hydrogen-bond acceptors (Lipinski definition) is 8. The van der Waals surface area contributed by atoms with Gasteiger partial charge in [0.15, 0.2) is 0 Å². The molecule has 4 atom stereocenters. The number of nitrogens with two attached hydrogens (primary N) is 1. The molecule has 4 amide bonds. The summed E-state index contributed by atoms with van der Waals surface area (Å²) in [6, 6.07) is 22.0. The van der Waals surface area contributed by atoms with Crippen molar-refractivity contribution in [3.05, 3.63) is 142 Å². The fourth-order valence-electron chi connectivity index (χ4n) is 10.3. The molecule has 10 N–H and O–H groups in total. The minimum absolute atomic E-state index is 0.00147. The van der Waals surface area contributed by atoms with Gasteiger partial charge in [0.25, 0.3) is 0 Å². The van der Waals surface area contributed by atoms with Crippen molar-refractivity contribution in [2.24, 2.45) is 5.73 Å². The van der Waals surface area contributed by atoms with Crippen LogP contribution in [0.3, 0.4) is 0 Å². The molecule has 0 aliphatic heterocycles. The summed E-state index contributed by atoms with van der Waals surface area (Å²) in [4.78, 5) is 35.6. The maximum absolute atomic E-state index is 13.8. The summed E-state index contributed by atoms with van der Waals surface area (Å²) in [5.41, 5.74) is 10.7. The van der Waals surface area contributed by atoms with Crippen LogP contribution in [0.25, 0.3) is 0 Å². The number of amides is 4. The first kappa shape index (κ1) is 59.5. The molecule has 0 radical (unpaired) electrons. The highest BCUT2D eigenvalue weighted by molar-refractivity contribution is 5.74. The summed E-state index contributed by atoms with van der Waals surface area (Å²) < 4.78 is 55.0. The molecule has 0 aromatic heterocycles. The van der Waals surface area contributed by atoms with Crippen LogP contribution >= 0.6 is 0 Å². The van der Waals surface area contributed by atoms with E-state index < -0.39 is 53.1 Å². The molecule has 0 unspecified atom stereocenters. The molecular formula is C58H81F4N7O5. The van der Waals surface area contributed by atoms with Crippen LogP contribution in [0.2, 0.25) is 0 Å². The highest BCUT2D eigenvalue weighted by Crippen LogP contribution is 2.40. The van der Waals surface area contributed by atoms with Crippen molar-refractivity contribution >= 4 is 17.8 Å². The zero-order valence-corrected chi connectivity index (χ0v) is 44.7. The number of carbonyl (C=O) groups excluding carboxylic acids is 3. The second-order valence-electron chi connectivity index (χ2n) is 22.6. The number of aliphatic hydroxyl groups is 2. The van der Waals surface area contributed by atoms with Gasteiger partial charge in [-0.1, -0.05) is 90.1 Å². The Hall–Kier alpha value is -5.39. The highest BCUT2D eigenvalue weighted by atomic mass is 19.1. The molecule has 2 fully saturated rings. The van der Waals surface area contributed by atoms with E-state index in [9.17, 15) is 42.2 Å². The molecule has 4 aromatic rings.